The Balaban J connectivity index is 1.61. The highest BCUT2D eigenvalue weighted by Gasteiger charge is 2.32. The van der Waals surface area contributed by atoms with Crippen molar-refractivity contribution >= 4 is 17.7 Å². The fourth-order valence-corrected chi connectivity index (χ4v) is 3.35. The lowest BCUT2D eigenvalue weighted by molar-refractivity contribution is -0.141. The number of nitrogens with zero attached hydrogens (tertiary/aromatic N) is 3. The van der Waals surface area contributed by atoms with E-state index in [1.807, 2.05) is 17.0 Å². The molecule has 0 bridgehead atoms. The fourth-order valence-electron chi connectivity index (χ4n) is 2.56. The molecule has 2 heterocycles. The summed E-state index contributed by atoms with van der Waals surface area (Å²) >= 11 is 1.13. The number of benzene rings is 1. The molecule has 0 unspecified atom stereocenters. The molecule has 1 saturated heterocycles. The van der Waals surface area contributed by atoms with Gasteiger partial charge in [0.25, 0.3) is 5.91 Å². The Labute approximate surface area is 147 Å². The lowest BCUT2D eigenvalue weighted by atomic mass is 10.1. The number of thioether (sulfide) groups is 1. The molecular weight excluding hydrogens is 351 g/mol. The minimum absolute atomic E-state index is 0.0258. The molecule has 1 amide bonds. The largest absolute Gasteiger partial charge is 0.433 e. The van der Waals surface area contributed by atoms with E-state index in [4.69, 9.17) is 0 Å². The third-order valence-electron chi connectivity index (χ3n) is 3.89. The number of hydrogen-bond acceptors (Lipinski definition) is 4. The summed E-state index contributed by atoms with van der Waals surface area (Å²) in [4.78, 5) is 21.5. The second-order valence-corrected chi connectivity index (χ2v) is 6.65. The first-order chi connectivity index (χ1) is 11.9. The summed E-state index contributed by atoms with van der Waals surface area (Å²) in [5.41, 5.74) is 0.575. The highest BCUT2D eigenvalue weighted by atomic mass is 32.2. The highest BCUT2D eigenvalue weighted by molar-refractivity contribution is 7.98. The van der Waals surface area contributed by atoms with Gasteiger partial charge in [0.05, 0.1) is 0 Å². The molecule has 0 spiro atoms. The topological polar surface area (TPSA) is 46.1 Å². The number of carbonyl (C=O) groups excluding carboxylic acids is 1. The van der Waals surface area contributed by atoms with E-state index >= 15 is 0 Å². The summed E-state index contributed by atoms with van der Waals surface area (Å²) in [7, 11) is 0. The summed E-state index contributed by atoms with van der Waals surface area (Å²) < 4.78 is 37.9. The van der Waals surface area contributed by atoms with Crippen molar-refractivity contribution in [1.82, 2.24) is 14.9 Å². The van der Waals surface area contributed by atoms with E-state index in [9.17, 15) is 18.0 Å². The zero-order valence-corrected chi connectivity index (χ0v) is 14.1. The molecule has 0 radical (unpaired) electrons. The van der Waals surface area contributed by atoms with Crippen LogP contribution in [-0.2, 0) is 11.9 Å². The summed E-state index contributed by atoms with van der Waals surface area (Å²) in [6.07, 6.45) is -1.29. The molecule has 2 aromatic rings. The third-order valence-corrected chi connectivity index (χ3v) is 4.82. The first kappa shape index (κ1) is 17.7. The van der Waals surface area contributed by atoms with Crippen LogP contribution in [0.2, 0.25) is 0 Å². The van der Waals surface area contributed by atoms with Gasteiger partial charge in [-0.05, 0) is 36.6 Å². The maximum atomic E-state index is 12.6. The van der Waals surface area contributed by atoms with Crippen molar-refractivity contribution in [1.29, 1.82) is 0 Å². The van der Waals surface area contributed by atoms with Crippen LogP contribution in [0.15, 0.2) is 41.7 Å². The third kappa shape index (κ3) is 4.50. The Morgan fingerprint density at radius 2 is 1.80 bits per heavy atom. The van der Waals surface area contributed by atoms with Crippen molar-refractivity contribution < 1.29 is 18.0 Å². The average Bonchev–Trinajstić information content (AvgIpc) is 3.14. The van der Waals surface area contributed by atoms with Gasteiger partial charge in [-0.3, -0.25) is 4.79 Å². The van der Waals surface area contributed by atoms with E-state index in [-0.39, 0.29) is 11.1 Å². The maximum Gasteiger partial charge on any atom is 0.433 e. The van der Waals surface area contributed by atoms with E-state index in [1.54, 1.807) is 12.1 Å². The molecule has 0 N–H and O–H groups in total. The second kappa shape index (κ2) is 7.43. The molecule has 0 aliphatic carbocycles. The molecule has 132 valence electrons. The van der Waals surface area contributed by atoms with Gasteiger partial charge in [0, 0.05) is 30.6 Å². The number of halogens is 3. The number of rotatable bonds is 4. The van der Waals surface area contributed by atoms with E-state index < -0.39 is 11.9 Å². The van der Waals surface area contributed by atoms with Crippen LogP contribution < -0.4 is 0 Å². The first-order valence-corrected chi connectivity index (χ1v) is 8.83. The molecule has 1 fully saturated rings. The fraction of sp³-hybridized carbons (Fsp3) is 0.353. The molecule has 0 atom stereocenters. The summed E-state index contributed by atoms with van der Waals surface area (Å²) in [6.45, 7) is 1.59. The zero-order valence-electron chi connectivity index (χ0n) is 13.3. The van der Waals surface area contributed by atoms with Crippen LogP contribution in [0.4, 0.5) is 13.2 Å². The SMILES string of the molecule is O=C(c1ccc(CSc2nccc(C(F)(F)F)n2)cc1)N1CCCC1. The molecule has 1 aromatic carbocycles. The molecule has 25 heavy (non-hydrogen) atoms. The Morgan fingerprint density at radius 1 is 1.12 bits per heavy atom. The van der Waals surface area contributed by atoms with Crippen LogP contribution >= 0.6 is 11.8 Å². The normalized spacial score (nSPS) is 14.8. The summed E-state index contributed by atoms with van der Waals surface area (Å²) in [5.74, 6) is 0.456. The van der Waals surface area contributed by atoms with Gasteiger partial charge in [0.15, 0.2) is 5.16 Å². The Morgan fingerprint density at radius 3 is 2.44 bits per heavy atom. The van der Waals surface area contributed by atoms with Gasteiger partial charge < -0.3 is 4.90 Å². The Bertz CT molecular complexity index is 744. The minimum atomic E-state index is -4.48. The van der Waals surface area contributed by atoms with Crippen LogP contribution in [0.3, 0.4) is 0 Å². The van der Waals surface area contributed by atoms with Gasteiger partial charge >= 0.3 is 6.18 Å². The van der Waals surface area contributed by atoms with Gasteiger partial charge in [-0.1, -0.05) is 23.9 Å². The molecule has 0 saturated carbocycles. The standard InChI is InChI=1S/C17H16F3N3OS/c18-17(19,20)14-7-8-21-16(22-14)25-11-12-3-5-13(6-4-12)15(24)23-9-1-2-10-23/h3-8H,1-2,9-11H2. The number of carbonyl (C=O) groups is 1. The minimum Gasteiger partial charge on any atom is -0.339 e. The number of aromatic nitrogens is 2. The van der Waals surface area contributed by atoms with Crippen LogP contribution in [0, 0.1) is 0 Å². The number of amides is 1. The number of hydrogen-bond donors (Lipinski definition) is 0. The van der Waals surface area contributed by atoms with Gasteiger partial charge in [0.1, 0.15) is 5.69 Å². The van der Waals surface area contributed by atoms with Crippen LogP contribution in [-0.4, -0.2) is 33.9 Å². The highest BCUT2D eigenvalue weighted by Crippen LogP contribution is 2.29. The zero-order chi connectivity index (χ0) is 17.9. The summed E-state index contributed by atoms with van der Waals surface area (Å²) in [5, 5.41) is 0.0760. The van der Waals surface area contributed by atoms with Crippen molar-refractivity contribution in [3.63, 3.8) is 0 Å². The van der Waals surface area contributed by atoms with Gasteiger partial charge in [-0.15, -0.1) is 0 Å². The van der Waals surface area contributed by atoms with Gasteiger partial charge in [0.2, 0.25) is 0 Å². The average molecular weight is 367 g/mol. The lowest BCUT2D eigenvalue weighted by Crippen LogP contribution is -2.27. The van der Waals surface area contributed by atoms with Crippen molar-refractivity contribution in [3.8, 4) is 0 Å². The van der Waals surface area contributed by atoms with E-state index in [0.29, 0.717) is 11.3 Å². The van der Waals surface area contributed by atoms with Gasteiger partial charge in [-0.25, -0.2) is 9.97 Å². The first-order valence-electron chi connectivity index (χ1n) is 7.85. The molecule has 1 aromatic heterocycles. The quantitative estimate of drug-likeness (QED) is 0.605. The van der Waals surface area contributed by atoms with E-state index in [0.717, 1.165) is 55.5 Å². The number of likely N-dealkylation sites (tertiary alicyclic amines) is 1. The smallest absolute Gasteiger partial charge is 0.339 e. The predicted octanol–water partition coefficient (Wildman–Crippen LogP) is 4.02. The molecular formula is C17H16F3N3OS. The predicted molar refractivity (Wildman–Crippen MR) is 88.2 cm³/mol. The van der Waals surface area contributed by atoms with Crippen LogP contribution in [0.1, 0.15) is 34.5 Å². The number of alkyl halides is 3. The summed E-state index contributed by atoms with van der Waals surface area (Å²) in [6, 6.07) is 7.98. The van der Waals surface area contributed by atoms with Crippen LogP contribution in [0.25, 0.3) is 0 Å². The van der Waals surface area contributed by atoms with Crippen molar-refractivity contribution in [3.05, 3.63) is 53.3 Å². The van der Waals surface area contributed by atoms with E-state index in [1.165, 1.54) is 0 Å². The van der Waals surface area contributed by atoms with Gasteiger partial charge in [-0.2, -0.15) is 13.2 Å². The van der Waals surface area contributed by atoms with E-state index in [2.05, 4.69) is 9.97 Å². The Kier molecular flexibility index (Phi) is 5.27. The second-order valence-electron chi connectivity index (χ2n) is 5.71. The van der Waals surface area contributed by atoms with Crippen LogP contribution in [0.5, 0.6) is 0 Å². The molecule has 1 aliphatic rings. The lowest BCUT2D eigenvalue weighted by Gasteiger charge is -2.15. The molecule has 4 nitrogen and oxygen atoms in total. The maximum absolute atomic E-state index is 12.6. The van der Waals surface area contributed by atoms with Crippen molar-refractivity contribution in [2.75, 3.05) is 13.1 Å². The van der Waals surface area contributed by atoms with Crippen molar-refractivity contribution in [2.24, 2.45) is 0 Å². The molecule has 1 aliphatic heterocycles. The molecule has 3 rings (SSSR count). The Hall–Kier alpha value is -2.09. The molecule has 8 heteroatoms. The monoisotopic (exact) mass is 367 g/mol. The van der Waals surface area contributed by atoms with Crippen molar-refractivity contribution in [2.45, 2.75) is 29.9 Å².